The van der Waals surface area contributed by atoms with Gasteiger partial charge in [0.25, 0.3) is 6.43 Å². The smallest absolute Gasteiger partial charge is 0.283 e. The number of amides is 1. The largest absolute Gasteiger partial charge is 0.350 e. The van der Waals surface area contributed by atoms with Crippen molar-refractivity contribution < 1.29 is 13.6 Å². The van der Waals surface area contributed by atoms with E-state index in [1.807, 2.05) is 48.9 Å². The fraction of sp³-hybridized carbons (Fsp3) is 0.381. The maximum absolute atomic E-state index is 13.2. The average Bonchev–Trinajstić information content (AvgIpc) is 3.44. The first kappa shape index (κ1) is 20.7. The lowest BCUT2D eigenvalue weighted by atomic mass is 10.2. The van der Waals surface area contributed by atoms with Gasteiger partial charge in [0.1, 0.15) is 12.2 Å². The van der Waals surface area contributed by atoms with Crippen LogP contribution < -0.4 is 5.32 Å². The lowest BCUT2D eigenvalue weighted by Gasteiger charge is -2.09. The van der Waals surface area contributed by atoms with Crippen molar-refractivity contribution >= 4 is 21.8 Å². The zero-order chi connectivity index (χ0) is 21.4. The highest BCUT2D eigenvalue weighted by Gasteiger charge is 2.34. The van der Waals surface area contributed by atoms with Gasteiger partial charge in [-0.2, -0.15) is 10.2 Å². The molecule has 2 heterocycles. The van der Waals surface area contributed by atoms with Crippen LogP contribution in [-0.2, 0) is 17.9 Å². The molecule has 0 unspecified atom stereocenters. The molecule has 1 aliphatic rings. The average molecular weight is 478 g/mol. The molecule has 0 radical (unpaired) electrons. The number of nitrogens with one attached hydrogen (secondary N) is 1. The van der Waals surface area contributed by atoms with Crippen molar-refractivity contribution in [1.82, 2.24) is 24.9 Å². The van der Waals surface area contributed by atoms with E-state index in [9.17, 15) is 13.6 Å². The Morgan fingerprint density at radius 3 is 2.57 bits per heavy atom. The summed E-state index contributed by atoms with van der Waals surface area (Å²) in [6, 6.07) is 9.77. The summed E-state index contributed by atoms with van der Waals surface area (Å²) < 4.78 is 30.0. The number of rotatable bonds is 7. The first-order valence-electron chi connectivity index (χ1n) is 9.78. The Hall–Kier alpha value is -2.55. The van der Waals surface area contributed by atoms with Crippen molar-refractivity contribution in [3.63, 3.8) is 0 Å². The number of alkyl halides is 2. The zero-order valence-electron chi connectivity index (χ0n) is 16.7. The van der Waals surface area contributed by atoms with E-state index in [1.165, 1.54) is 4.68 Å². The Morgan fingerprint density at radius 2 is 1.93 bits per heavy atom. The summed E-state index contributed by atoms with van der Waals surface area (Å²) in [6.07, 6.45) is -0.840. The van der Waals surface area contributed by atoms with Crippen molar-refractivity contribution in [3.8, 4) is 5.69 Å². The van der Waals surface area contributed by atoms with Gasteiger partial charge in [-0.1, -0.05) is 18.2 Å². The molecular weight excluding hydrogens is 456 g/mol. The lowest BCUT2D eigenvalue weighted by Crippen LogP contribution is -2.28. The SMILES string of the molecule is Cc1nn(-c2ccccc2)c(C)c1CNC(=O)Cn1nc(C(F)F)c(Br)c1C1CC1. The van der Waals surface area contributed by atoms with Crippen LogP contribution in [0.5, 0.6) is 0 Å². The van der Waals surface area contributed by atoms with Crippen LogP contribution in [0, 0.1) is 13.8 Å². The molecule has 30 heavy (non-hydrogen) atoms. The highest BCUT2D eigenvalue weighted by Crippen LogP contribution is 2.45. The molecule has 1 N–H and O–H groups in total. The summed E-state index contributed by atoms with van der Waals surface area (Å²) in [4.78, 5) is 12.6. The van der Waals surface area contributed by atoms with Crippen LogP contribution in [-0.4, -0.2) is 25.5 Å². The van der Waals surface area contributed by atoms with Gasteiger partial charge in [-0.25, -0.2) is 13.5 Å². The lowest BCUT2D eigenvalue weighted by molar-refractivity contribution is -0.122. The number of para-hydroxylation sites is 1. The van der Waals surface area contributed by atoms with Gasteiger partial charge in [-0.05, 0) is 54.8 Å². The Balaban J connectivity index is 1.48. The van der Waals surface area contributed by atoms with Crippen LogP contribution in [0.1, 0.15) is 53.5 Å². The Morgan fingerprint density at radius 1 is 1.23 bits per heavy atom. The monoisotopic (exact) mass is 477 g/mol. The summed E-state index contributed by atoms with van der Waals surface area (Å²) in [5.74, 6) is -0.0975. The minimum absolute atomic E-state index is 0.0952. The second kappa shape index (κ2) is 8.29. The van der Waals surface area contributed by atoms with Gasteiger partial charge >= 0.3 is 0 Å². The van der Waals surface area contributed by atoms with E-state index in [1.54, 1.807) is 0 Å². The number of halogens is 3. The number of carbonyl (C=O) groups is 1. The number of carbonyl (C=O) groups excluding carboxylic acids is 1. The summed E-state index contributed by atoms with van der Waals surface area (Å²) in [5, 5.41) is 11.4. The third kappa shape index (κ3) is 4.03. The van der Waals surface area contributed by atoms with Crippen molar-refractivity contribution in [2.75, 3.05) is 0 Å². The summed E-state index contributed by atoms with van der Waals surface area (Å²) in [5.41, 5.74) is 4.04. The van der Waals surface area contributed by atoms with Crippen molar-refractivity contribution in [2.45, 2.75) is 52.1 Å². The molecule has 1 aliphatic carbocycles. The van der Waals surface area contributed by atoms with E-state index in [2.05, 4.69) is 31.4 Å². The molecule has 0 saturated heterocycles. The first-order valence-corrected chi connectivity index (χ1v) is 10.6. The number of benzene rings is 1. The number of aromatic nitrogens is 4. The van der Waals surface area contributed by atoms with Gasteiger partial charge < -0.3 is 5.32 Å². The fourth-order valence-corrected chi connectivity index (χ4v) is 4.39. The Kier molecular flexibility index (Phi) is 5.73. The molecule has 0 atom stereocenters. The molecule has 1 amide bonds. The van der Waals surface area contributed by atoms with Crippen LogP contribution in [0.4, 0.5) is 8.78 Å². The summed E-state index contributed by atoms with van der Waals surface area (Å²) in [7, 11) is 0. The molecule has 0 spiro atoms. The van der Waals surface area contributed by atoms with Gasteiger partial charge in [-0.15, -0.1) is 0 Å². The second-order valence-corrected chi connectivity index (χ2v) is 8.28. The van der Waals surface area contributed by atoms with Crippen LogP contribution >= 0.6 is 15.9 Å². The van der Waals surface area contributed by atoms with Crippen LogP contribution in [0.15, 0.2) is 34.8 Å². The maximum Gasteiger partial charge on any atom is 0.283 e. The van der Waals surface area contributed by atoms with E-state index in [0.717, 1.165) is 35.5 Å². The maximum atomic E-state index is 13.2. The molecule has 1 aromatic carbocycles. The highest BCUT2D eigenvalue weighted by molar-refractivity contribution is 9.10. The number of aryl methyl sites for hydroxylation is 1. The molecule has 6 nitrogen and oxygen atoms in total. The highest BCUT2D eigenvalue weighted by atomic mass is 79.9. The van der Waals surface area contributed by atoms with Crippen LogP contribution in [0.25, 0.3) is 5.69 Å². The van der Waals surface area contributed by atoms with Crippen molar-refractivity contribution in [2.24, 2.45) is 0 Å². The molecule has 0 aliphatic heterocycles. The van der Waals surface area contributed by atoms with E-state index >= 15 is 0 Å². The summed E-state index contributed by atoms with van der Waals surface area (Å²) >= 11 is 3.25. The molecule has 1 saturated carbocycles. The van der Waals surface area contributed by atoms with Crippen LogP contribution in [0.2, 0.25) is 0 Å². The Labute approximate surface area is 181 Å². The predicted octanol–water partition coefficient (Wildman–Crippen LogP) is 4.58. The number of hydrogen-bond acceptors (Lipinski definition) is 3. The minimum Gasteiger partial charge on any atom is -0.350 e. The summed E-state index contributed by atoms with van der Waals surface area (Å²) in [6.45, 7) is 4.08. The molecule has 0 bridgehead atoms. The molecular formula is C21H22BrF2N5O. The van der Waals surface area contributed by atoms with Gasteiger partial charge in [0.2, 0.25) is 5.91 Å². The van der Waals surface area contributed by atoms with E-state index in [0.29, 0.717) is 16.7 Å². The number of hydrogen-bond donors (Lipinski definition) is 1. The van der Waals surface area contributed by atoms with Gasteiger partial charge in [0.15, 0.2) is 0 Å². The molecule has 4 rings (SSSR count). The van der Waals surface area contributed by atoms with E-state index < -0.39 is 6.43 Å². The molecule has 2 aromatic heterocycles. The molecule has 1 fully saturated rings. The molecule has 158 valence electrons. The van der Waals surface area contributed by atoms with E-state index in [4.69, 9.17) is 0 Å². The van der Waals surface area contributed by atoms with Crippen molar-refractivity contribution in [3.05, 3.63) is 63.1 Å². The Bertz CT molecular complexity index is 1070. The van der Waals surface area contributed by atoms with Gasteiger partial charge in [0, 0.05) is 23.7 Å². The third-order valence-corrected chi connectivity index (χ3v) is 6.14. The first-order chi connectivity index (χ1) is 14.4. The predicted molar refractivity (Wildman–Crippen MR) is 112 cm³/mol. The zero-order valence-corrected chi connectivity index (χ0v) is 18.3. The number of nitrogens with zero attached hydrogens (tertiary/aromatic N) is 4. The molecule has 3 aromatic rings. The molecule has 9 heteroatoms. The third-order valence-electron chi connectivity index (χ3n) is 5.32. The quantitative estimate of drug-likeness (QED) is 0.541. The van der Waals surface area contributed by atoms with Gasteiger partial charge in [0.05, 0.1) is 21.5 Å². The van der Waals surface area contributed by atoms with E-state index in [-0.39, 0.29) is 24.1 Å². The van der Waals surface area contributed by atoms with Crippen LogP contribution in [0.3, 0.4) is 0 Å². The van der Waals surface area contributed by atoms with Gasteiger partial charge in [-0.3, -0.25) is 9.48 Å². The normalized spacial score (nSPS) is 13.8. The standard InChI is InChI=1S/C21H22BrF2N5O/c1-12-16(13(2)29(26-12)15-6-4-3-5-7-15)10-25-17(30)11-28-20(14-8-9-14)18(22)19(27-28)21(23)24/h3-7,14,21H,8-11H2,1-2H3,(H,25,30). The second-order valence-electron chi connectivity index (χ2n) is 7.49. The minimum atomic E-state index is -2.68. The van der Waals surface area contributed by atoms with Crippen molar-refractivity contribution in [1.29, 1.82) is 0 Å². The topological polar surface area (TPSA) is 64.7 Å². The fourth-order valence-electron chi connectivity index (χ4n) is 3.61.